The van der Waals surface area contributed by atoms with Gasteiger partial charge in [-0.1, -0.05) is 18.9 Å². The van der Waals surface area contributed by atoms with Crippen molar-refractivity contribution >= 4 is 5.78 Å². The maximum Gasteiger partial charge on any atom is 0.419 e. The minimum absolute atomic E-state index is 0.0395. The van der Waals surface area contributed by atoms with Gasteiger partial charge in [-0.05, 0) is 25.0 Å². The lowest BCUT2D eigenvalue weighted by Gasteiger charge is -2.22. The minimum Gasteiger partial charge on any atom is -0.325 e. The van der Waals surface area contributed by atoms with Gasteiger partial charge in [0.15, 0.2) is 5.78 Å². The summed E-state index contributed by atoms with van der Waals surface area (Å²) in [6.45, 7) is 0. The van der Waals surface area contributed by atoms with Gasteiger partial charge >= 0.3 is 6.18 Å². The Bertz CT molecular complexity index is 518. The first kappa shape index (κ1) is 15.0. The van der Waals surface area contributed by atoms with E-state index < -0.39 is 28.9 Å². The predicted molar refractivity (Wildman–Crippen MR) is 65.7 cm³/mol. The molecule has 0 aliphatic heterocycles. The number of rotatable bonds is 3. The molecule has 6 heteroatoms. The number of benzene rings is 1. The van der Waals surface area contributed by atoms with Crippen molar-refractivity contribution in [2.75, 3.05) is 0 Å². The number of carbonyl (C=O) groups excluding carboxylic acids is 1. The van der Waals surface area contributed by atoms with Crippen molar-refractivity contribution in [1.82, 2.24) is 0 Å². The molecule has 20 heavy (non-hydrogen) atoms. The normalized spacial score (nSPS) is 18.2. The van der Waals surface area contributed by atoms with Gasteiger partial charge in [-0.2, -0.15) is 13.2 Å². The fraction of sp³-hybridized carbons (Fsp3) is 0.500. The number of carbonyl (C=O) groups is 1. The van der Waals surface area contributed by atoms with Gasteiger partial charge in [-0.25, -0.2) is 4.39 Å². The molecule has 0 saturated heterocycles. The van der Waals surface area contributed by atoms with E-state index in [9.17, 15) is 22.4 Å². The molecule has 0 aromatic heterocycles. The molecular weight excluding hydrogens is 274 g/mol. The van der Waals surface area contributed by atoms with Crippen LogP contribution in [0, 0.1) is 5.82 Å². The highest BCUT2D eigenvalue weighted by atomic mass is 19.4. The molecule has 0 spiro atoms. The third kappa shape index (κ3) is 3.17. The summed E-state index contributed by atoms with van der Waals surface area (Å²) in [6.07, 6.45) is -1.43. The molecule has 2 rings (SSSR count). The number of hydrogen-bond acceptors (Lipinski definition) is 2. The highest BCUT2D eigenvalue weighted by molar-refractivity contribution is 5.96. The van der Waals surface area contributed by atoms with Gasteiger partial charge in [0.1, 0.15) is 5.82 Å². The summed E-state index contributed by atoms with van der Waals surface area (Å²) in [7, 11) is 0. The van der Waals surface area contributed by atoms with E-state index in [1.165, 1.54) is 0 Å². The molecule has 1 aliphatic rings. The van der Waals surface area contributed by atoms with Crippen LogP contribution in [0.25, 0.3) is 0 Å². The number of Topliss-reactive ketones (excluding diaryl/α,β-unsaturated/α-hetero) is 1. The van der Waals surface area contributed by atoms with Crippen molar-refractivity contribution in [2.45, 2.75) is 43.8 Å². The Morgan fingerprint density at radius 2 is 1.85 bits per heavy atom. The van der Waals surface area contributed by atoms with E-state index in [4.69, 9.17) is 5.73 Å². The van der Waals surface area contributed by atoms with Crippen LogP contribution in [0.5, 0.6) is 0 Å². The summed E-state index contributed by atoms with van der Waals surface area (Å²) in [5.74, 6) is -1.84. The van der Waals surface area contributed by atoms with Crippen molar-refractivity contribution < 1.29 is 22.4 Å². The fourth-order valence-electron chi connectivity index (χ4n) is 2.60. The Labute approximate surface area is 114 Å². The van der Waals surface area contributed by atoms with Gasteiger partial charge in [0, 0.05) is 17.5 Å². The minimum atomic E-state index is -4.76. The third-order valence-corrected chi connectivity index (χ3v) is 3.71. The molecule has 0 atom stereocenters. The molecule has 0 bridgehead atoms. The molecule has 1 aromatic rings. The molecule has 0 amide bonds. The van der Waals surface area contributed by atoms with Gasteiger partial charge in [0.25, 0.3) is 0 Å². The van der Waals surface area contributed by atoms with Crippen LogP contribution >= 0.6 is 0 Å². The maximum absolute atomic E-state index is 13.4. The summed E-state index contributed by atoms with van der Waals surface area (Å²) in [6, 6.07) is 2.25. The summed E-state index contributed by atoms with van der Waals surface area (Å²) in [5.41, 5.74) is 4.01. The second-order valence-corrected chi connectivity index (χ2v) is 5.36. The first-order valence-corrected chi connectivity index (χ1v) is 6.40. The van der Waals surface area contributed by atoms with Gasteiger partial charge in [0.2, 0.25) is 0 Å². The zero-order valence-electron chi connectivity index (χ0n) is 10.8. The van der Waals surface area contributed by atoms with Crippen molar-refractivity contribution in [3.05, 3.63) is 35.1 Å². The number of ketones is 1. The summed E-state index contributed by atoms with van der Waals surface area (Å²) in [5, 5.41) is 0. The number of alkyl halides is 3. The van der Waals surface area contributed by atoms with Crippen molar-refractivity contribution in [3.63, 3.8) is 0 Å². The largest absolute Gasteiger partial charge is 0.419 e. The average Bonchev–Trinajstić information content (AvgIpc) is 2.73. The molecule has 2 nitrogen and oxygen atoms in total. The Morgan fingerprint density at radius 1 is 1.25 bits per heavy atom. The van der Waals surface area contributed by atoms with Crippen LogP contribution in [0.1, 0.15) is 48.0 Å². The Kier molecular flexibility index (Phi) is 3.86. The van der Waals surface area contributed by atoms with Crippen LogP contribution in [0.15, 0.2) is 18.2 Å². The molecule has 0 radical (unpaired) electrons. The molecule has 1 saturated carbocycles. The summed E-state index contributed by atoms with van der Waals surface area (Å²) < 4.78 is 50.7. The Morgan fingerprint density at radius 3 is 2.35 bits per heavy atom. The molecule has 1 aliphatic carbocycles. The second-order valence-electron chi connectivity index (χ2n) is 5.36. The summed E-state index contributed by atoms with van der Waals surface area (Å²) >= 11 is 0. The van der Waals surface area contributed by atoms with E-state index in [2.05, 4.69) is 0 Å². The molecule has 1 aromatic carbocycles. The van der Waals surface area contributed by atoms with Gasteiger partial charge in [0.05, 0.1) is 5.56 Å². The van der Waals surface area contributed by atoms with E-state index in [-0.39, 0.29) is 12.0 Å². The van der Waals surface area contributed by atoms with Crippen LogP contribution < -0.4 is 5.73 Å². The van der Waals surface area contributed by atoms with Crippen molar-refractivity contribution in [3.8, 4) is 0 Å². The standard InChI is InChI=1S/C14H15F4NO/c15-11-7-9(3-4-10(11)14(16,17)18)12(20)8-13(19)5-1-2-6-13/h3-4,7H,1-2,5-6,8,19H2. The highest BCUT2D eigenvalue weighted by Gasteiger charge is 2.35. The van der Waals surface area contributed by atoms with Crippen LogP contribution in [0.2, 0.25) is 0 Å². The molecule has 0 unspecified atom stereocenters. The zero-order valence-corrected chi connectivity index (χ0v) is 10.8. The number of halogens is 4. The molecule has 0 heterocycles. The van der Waals surface area contributed by atoms with Crippen LogP contribution in [0.3, 0.4) is 0 Å². The number of hydrogen-bond donors (Lipinski definition) is 1. The topological polar surface area (TPSA) is 43.1 Å². The molecule has 110 valence electrons. The molecule has 1 fully saturated rings. The quantitative estimate of drug-likeness (QED) is 0.681. The molecule has 2 N–H and O–H groups in total. The third-order valence-electron chi connectivity index (χ3n) is 3.71. The highest BCUT2D eigenvalue weighted by Crippen LogP contribution is 2.33. The van der Waals surface area contributed by atoms with E-state index in [1.807, 2.05) is 0 Å². The van der Waals surface area contributed by atoms with E-state index >= 15 is 0 Å². The monoisotopic (exact) mass is 289 g/mol. The van der Waals surface area contributed by atoms with Gasteiger partial charge < -0.3 is 5.73 Å². The van der Waals surface area contributed by atoms with Gasteiger partial charge in [-0.15, -0.1) is 0 Å². The Hall–Kier alpha value is -1.43. The lowest BCUT2D eigenvalue weighted by atomic mass is 9.89. The second kappa shape index (κ2) is 5.16. The van der Waals surface area contributed by atoms with E-state index in [0.29, 0.717) is 25.0 Å². The maximum atomic E-state index is 13.4. The average molecular weight is 289 g/mol. The fourth-order valence-corrected chi connectivity index (χ4v) is 2.60. The smallest absolute Gasteiger partial charge is 0.325 e. The van der Waals surface area contributed by atoms with Crippen LogP contribution in [-0.4, -0.2) is 11.3 Å². The lowest BCUT2D eigenvalue weighted by Crippen LogP contribution is -2.38. The SMILES string of the molecule is NC1(CC(=O)c2ccc(C(F)(F)F)c(F)c2)CCCC1. The molecular formula is C14H15F4NO. The van der Waals surface area contributed by atoms with Crippen molar-refractivity contribution in [1.29, 1.82) is 0 Å². The predicted octanol–water partition coefficient (Wildman–Crippen LogP) is 3.69. The van der Waals surface area contributed by atoms with E-state index in [1.54, 1.807) is 0 Å². The van der Waals surface area contributed by atoms with Crippen molar-refractivity contribution in [2.24, 2.45) is 5.73 Å². The lowest BCUT2D eigenvalue weighted by molar-refractivity contribution is -0.140. The summed E-state index contributed by atoms with van der Waals surface area (Å²) in [4.78, 5) is 12.0. The first-order valence-electron chi connectivity index (χ1n) is 6.40. The number of nitrogens with two attached hydrogens (primary N) is 1. The van der Waals surface area contributed by atoms with Crippen LogP contribution in [0.4, 0.5) is 17.6 Å². The Balaban J connectivity index is 2.17. The first-order chi connectivity index (χ1) is 9.21. The zero-order chi connectivity index (χ0) is 15.0. The van der Waals surface area contributed by atoms with Gasteiger partial charge in [-0.3, -0.25) is 4.79 Å². The van der Waals surface area contributed by atoms with Crippen LogP contribution in [-0.2, 0) is 6.18 Å². The van der Waals surface area contributed by atoms with E-state index in [0.717, 1.165) is 18.9 Å².